The highest BCUT2D eigenvalue weighted by Gasteiger charge is 2.19. The fourth-order valence-corrected chi connectivity index (χ4v) is 3.48. The number of ether oxygens (including phenoxy) is 1. The Morgan fingerprint density at radius 3 is 2.27 bits per heavy atom. The summed E-state index contributed by atoms with van der Waals surface area (Å²) >= 11 is 1.29. The highest BCUT2D eigenvalue weighted by Crippen LogP contribution is 2.25. The Morgan fingerprint density at radius 2 is 1.57 bits per heavy atom. The molecule has 1 aromatic heterocycles. The number of aromatic nitrogens is 4. The lowest BCUT2D eigenvalue weighted by Gasteiger charge is -2.12. The number of nitrogens with zero attached hydrogens (tertiary/aromatic N) is 4. The number of nitrogens with one attached hydrogen (secondary N) is 1. The van der Waals surface area contributed by atoms with E-state index in [9.17, 15) is 4.79 Å². The number of carbonyl (C=O) groups is 1. The van der Waals surface area contributed by atoms with E-state index in [4.69, 9.17) is 4.74 Å². The summed E-state index contributed by atoms with van der Waals surface area (Å²) in [6.45, 7) is 1.82. The Balaban J connectivity index is 1.37. The fraction of sp³-hybridized carbons (Fsp3) is 0.0909. The van der Waals surface area contributed by atoms with Crippen LogP contribution in [-0.4, -0.2) is 31.4 Å². The maximum Gasteiger partial charge on any atom is 0.237 e. The molecular weight excluding hydrogens is 398 g/mol. The molecule has 0 fully saturated rings. The third-order valence-corrected chi connectivity index (χ3v) is 5.23. The molecule has 0 radical (unpaired) electrons. The van der Waals surface area contributed by atoms with Crippen molar-refractivity contribution in [1.29, 1.82) is 0 Å². The minimum absolute atomic E-state index is 0.140. The van der Waals surface area contributed by atoms with E-state index < -0.39 is 5.25 Å². The number of rotatable bonds is 7. The molecule has 1 heterocycles. The van der Waals surface area contributed by atoms with Gasteiger partial charge in [-0.3, -0.25) is 4.79 Å². The number of anilines is 1. The predicted molar refractivity (Wildman–Crippen MR) is 116 cm³/mol. The van der Waals surface area contributed by atoms with E-state index in [2.05, 4.69) is 20.8 Å². The van der Waals surface area contributed by atoms with Crippen LogP contribution < -0.4 is 10.1 Å². The standard InChI is InChI=1S/C22H19N5O2S/c1-16(30-22-24-25-26-27(22)18-8-4-2-5-9-18)21(28)23-17-12-14-20(15-13-17)29-19-10-6-3-7-11-19/h2-16H,1H3,(H,23,28)/t16-/m1/s1. The Bertz CT molecular complexity index is 1100. The summed E-state index contributed by atoms with van der Waals surface area (Å²) in [4.78, 5) is 12.6. The second-order valence-corrected chi connectivity index (χ2v) is 7.71. The number of hydrogen-bond acceptors (Lipinski definition) is 6. The topological polar surface area (TPSA) is 81.9 Å². The van der Waals surface area contributed by atoms with Crippen molar-refractivity contribution < 1.29 is 9.53 Å². The molecule has 4 aromatic rings. The van der Waals surface area contributed by atoms with Gasteiger partial charge in [-0.05, 0) is 65.9 Å². The van der Waals surface area contributed by atoms with Gasteiger partial charge in [0.2, 0.25) is 11.1 Å². The average molecular weight is 417 g/mol. The second kappa shape index (κ2) is 9.23. The van der Waals surface area contributed by atoms with Gasteiger partial charge in [-0.1, -0.05) is 48.2 Å². The van der Waals surface area contributed by atoms with Crippen LogP contribution in [0.3, 0.4) is 0 Å². The molecule has 0 saturated carbocycles. The number of thioether (sulfide) groups is 1. The van der Waals surface area contributed by atoms with E-state index in [1.54, 1.807) is 4.68 Å². The van der Waals surface area contributed by atoms with E-state index in [0.717, 1.165) is 11.4 Å². The third kappa shape index (κ3) is 4.84. The van der Waals surface area contributed by atoms with Crippen molar-refractivity contribution in [3.05, 3.63) is 84.9 Å². The van der Waals surface area contributed by atoms with Crippen LogP contribution in [0.2, 0.25) is 0 Å². The van der Waals surface area contributed by atoms with Crippen LogP contribution in [0.15, 0.2) is 90.1 Å². The molecule has 0 spiro atoms. The summed E-state index contributed by atoms with van der Waals surface area (Å²) in [5.74, 6) is 1.32. The summed E-state index contributed by atoms with van der Waals surface area (Å²) in [5, 5.41) is 14.9. The summed E-state index contributed by atoms with van der Waals surface area (Å²) in [6, 6.07) is 26.3. The number of carbonyl (C=O) groups excluding carboxylic acids is 1. The minimum atomic E-state index is -0.390. The molecule has 0 unspecified atom stereocenters. The smallest absolute Gasteiger partial charge is 0.237 e. The third-order valence-electron chi connectivity index (χ3n) is 4.19. The second-order valence-electron chi connectivity index (χ2n) is 6.40. The largest absolute Gasteiger partial charge is 0.457 e. The molecular formula is C22H19N5O2S. The monoisotopic (exact) mass is 417 g/mol. The number of benzene rings is 3. The van der Waals surface area contributed by atoms with Crippen molar-refractivity contribution >= 4 is 23.4 Å². The zero-order chi connectivity index (χ0) is 20.8. The predicted octanol–water partition coefficient (Wildman–Crippen LogP) is 4.57. The Morgan fingerprint density at radius 1 is 0.933 bits per heavy atom. The zero-order valence-corrected chi connectivity index (χ0v) is 17.0. The number of para-hydroxylation sites is 2. The maximum atomic E-state index is 12.6. The Hall–Kier alpha value is -3.65. The lowest BCUT2D eigenvalue weighted by Crippen LogP contribution is -2.22. The summed E-state index contributed by atoms with van der Waals surface area (Å²) in [6.07, 6.45) is 0. The lowest BCUT2D eigenvalue weighted by atomic mass is 10.3. The van der Waals surface area contributed by atoms with Gasteiger partial charge in [0.05, 0.1) is 10.9 Å². The summed E-state index contributed by atoms with van der Waals surface area (Å²) in [5.41, 5.74) is 1.53. The van der Waals surface area contributed by atoms with Gasteiger partial charge >= 0.3 is 0 Å². The van der Waals surface area contributed by atoms with Crippen LogP contribution in [0.1, 0.15) is 6.92 Å². The van der Waals surface area contributed by atoms with Gasteiger partial charge in [-0.15, -0.1) is 5.10 Å². The molecule has 0 aliphatic rings. The van der Waals surface area contributed by atoms with Crippen LogP contribution in [-0.2, 0) is 4.79 Å². The molecule has 0 saturated heterocycles. The molecule has 1 atom stereocenters. The van der Waals surface area contributed by atoms with Crippen molar-refractivity contribution in [2.45, 2.75) is 17.3 Å². The molecule has 0 aliphatic heterocycles. The molecule has 7 nitrogen and oxygen atoms in total. The van der Waals surface area contributed by atoms with Crippen molar-refractivity contribution in [3.63, 3.8) is 0 Å². The first-order valence-corrected chi connectivity index (χ1v) is 10.2. The van der Waals surface area contributed by atoms with Gasteiger partial charge < -0.3 is 10.1 Å². The summed E-state index contributed by atoms with van der Waals surface area (Å²) < 4.78 is 7.38. The fourth-order valence-electron chi connectivity index (χ4n) is 2.67. The number of amides is 1. The van der Waals surface area contributed by atoms with Crippen molar-refractivity contribution in [3.8, 4) is 17.2 Å². The van der Waals surface area contributed by atoms with Crippen LogP contribution in [0.4, 0.5) is 5.69 Å². The Labute approximate surface area is 178 Å². The maximum absolute atomic E-state index is 12.6. The number of tetrazole rings is 1. The lowest BCUT2D eigenvalue weighted by molar-refractivity contribution is -0.115. The van der Waals surface area contributed by atoms with Gasteiger partial charge in [0.1, 0.15) is 11.5 Å². The van der Waals surface area contributed by atoms with E-state index in [0.29, 0.717) is 16.6 Å². The van der Waals surface area contributed by atoms with E-state index >= 15 is 0 Å². The molecule has 1 N–H and O–H groups in total. The zero-order valence-electron chi connectivity index (χ0n) is 16.2. The summed E-state index contributed by atoms with van der Waals surface area (Å²) in [7, 11) is 0. The van der Waals surface area contributed by atoms with Crippen molar-refractivity contribution in [2.75, 3.05) is 5.32 Å². The van der Waals surface area contributed by atoms with E-state index in [1.165, 1.54) is 11.8 Å². The van der Waals surface area contributed by atoms with Gasteiger partial charge in [-0.25, -0.2) is 0 Å². The molecule has 150 valence electrons. The van der Waals surface area contributed by atoms with Crippen molar-refractivity contribution in [2.24, 2.45) is 0 Å². The highest BCUT2D eigenvalue weighted by molar-refractivity contribution is 8.00. The molecule has 8 heteroatoms. The van der Waals surface area contributed by atoms with Crippen LogP contribution in [0.5, 0.6) is 11.5 Å². The molecule has 1 amide bonds. The normalized spacial score (nSPS) is 11.6. The Kier molecular flexibility index (Phi) is 6.05. The molecule has 4 rings (SSSR count). The van der Waals surface area contributed by atoms with Crippen LogP contribution >= 0.6 is 11.8 Å². The molecule has 0 aliphatic carbocycles. The average Bonchev–Trinajstić information content (AvgIpc) is 3.24. The highest BCUT2D eigenvalue weighted by atomic mass is 32.2. The van der Waals surface area contributed by atoms with Crippen molar-refractivity contribution in [1.82, 2.24) is 20.2 Å². The van der Waals surface area contributed by atoms with Gasteiger partial charge in [-0.2, -0.15) is 4.68 Å². The van der Waals surface area contributed by atoms with Crippen LogP contribution in [0, 0.1) is 0 Å². The minimum Gasteiger partial charge on any atom is -0.457 e. The quantitative estimate of drug-likeness (QED) is 0.444. The first kappa shape index (κ1) is 19.7. The van der Waals surface area contributed by atoms with Gasteiger partial charge in [0.15, 0.2) is 0 Å². The van der Waals surface area contributed by atoms with E-state index in [-0.39, 0.29) is 5.91 Å². The molecule has 0 bridgehead atoms. The SMILES string of the molecule is C[C@@H](Sc1nnnn1-c1ccccc1)C(=O)Nc1ccc(Oc2ccccc2)cc1. The molecule has 3 aromatic carbocycles. The van der Waals surface area contributed by atoms with E-state index in [1.807, 2.05) is 91.9 Å². The van der Waals surface area contributed by atoms with Crippen LogP contribution in [0.25, 0.3) is 5.69 Å². The first-order valence-electron chi connectivity index (χ1n) is 9.33. The number of hydrogen-bond donors (Lipinski definition) is 1. The first-order chi connectivity index (χ1) is 14.7. The van der Waals surface area contributed by atoms with Gasteiger partial charge in [0, 0.05) is 5.69 Å². The molecule has 30 heavy (non-hydrogen) atoms. The van der Waals surface area contributed by atoms with Gasteiger partial charge in [0.25, 0.3) is 0 Å².